The Kier molecular flexibility index (Phi) is 3.85. The SMILES string of the molecule is O=[N+]([O-])c1cnc(Sc2ccc(CO)cc2)nc1. The van der Waals surface area contributed by atoms with Crippen molar-refractivity contribution >= 4 is 17.4 Å². The maximum atomic E-state index is 10.4. The van der Waals surface area contributed by atoms with Gasteiger partial charge in [-0.2, -0.15) is 0 Å². The predicted molar refractivity (Wildman–Crippen MR) is 65.2 cm³/mol. The molecular formula is C11H9N3O3S. The number of aliphatic hydroxyl groups excluding tert-OH is 1. The van der Waals surface area contributed by atoms with E-state index in [9.17, 15) is 10.1 Å². The molecule has 0 unspecified atom stereocenters. The third-order valence-electron chi connectivity index (χ3n) is 2.14. The van der Waals surface area contributed by atoms with Gasteiger partial charge in [0.2, 0.25) is 0 Å². The zero-order valence-corrected chi connectivity index (χ0v) is 10.0. The molecule has 0 saturated heterocycles. The Labute approximate surface area is 107 Å². The van der Waals surface area contributed by atoms with Gasteiger partial charge in [-0.1, -0.05) is 12.1 Å². The third kappa shape index (κ3) is 3.02. The van der Waals surface area contributed by atoms with Gasteiger partial charge in [-0.25, -0.2) is 9.97 Å². The molecule has 0 bridgehead atoms. The lowest BCUT2D eigenvalue weighted by molar-refractivity contribution is -0.385. The summed E-state index contributed by atoms with van der Waals surface area (Å²) >= 11 is 1.30. The van der Waals surface area contributed by atoms with Gasteiger partial charge in [0.15, 0.2) is 5.16 Å². The Morgan fingerprint density at radius 3 is 2.33 bits per heavy atom. The fourth-order valence-electron chi connectivity index (χ4n) is 1.22. The maximum Gasteiger partial charge on any atom is 0.305 e. The first-order chi connectivity index (χ1) is 8.69. The molecular weight excluding hydrogens is 254 g/mol. The molecule has 0 saturated carbocycles. The van der Waals surface area contributed by atoms with E-state index in [0.717, 1.165) is 10.5 Å². The van der Waals surface area contributed by atoms with Crippen molar-refractivity contribution in [1.82, 2.24) is 9.97 Å². The first kappa shape index (κ1) is 12.5. The van der Waals surface area contributed by atoms with E-state index >= 15 is 0 Å². The second-order valence-electron chi connectivity index (χ2n) is 3.39. The van der Waals surface area contributed by atoms with Crippen molar-refractivity contribution in [2.24, 2.45) is 0 Å². The molecule has 0 aliphatic heterocycles. The zero-order valence-electron chi connectivity index (χ0n) is 9.18. The summed E-state index contributed by atoms with van der Waals surface area (Å²) in [7, 11) is 0. The van der Waals surface area contributed by atoms with E-state index in [1.165, 1.54) is 24.2 Å². The van der Waals surface area contributed by atoms with Gasteiger partial charge >= 0.3 is 5.69 Å². The van der Waals surface area contributed by atoms with E-state index in [-0.39, 0.29) is 12.3 Å². The first-order valence-corrected chi connectivity index (χ1v) is 5.85. The Bertz CT molecular complexity index is 542. The highest BCUT2D eigenvalue weighted by atomic mass is 32.2. The fraction of sp³-hybridized carbons (Fsp3) is 0.0909. The number of hydrogen-bond acceptors (Lipinski definition) is 6. The molecule has 0 atom stereocenters. The van der Waals surface area contributed by atoms with Crippen LogP contribution < -0.4 is 0 Å². The molecule has 0 amide bonds. The smallest absolute Gasteiger partial charge is 0.305 e. The Balaban J connectivity index is 2.10. The number of nitrogens with zero attached hydrogens (tertiary/aromatic N) is 3. The molecule has 18 heavy (non-hydrogen) atoms. The molecule has 0 fully saturated rings. The minimum Gasteiger partial charge on any atom is -0.392 e. The van der Waals surface area contributed by atoms with Gasteiger partial charge in [-0.05, 0) is 29.5 Å². The van der Waals surface area contributed by atoms with Crippen molar-refractivity contribution in [3.05, 3.63) is 52.3 Å². The molecule has 0 radical (unpaired) electrons. The monoisotopic (exact) mass is 263 g/mol. The second-order valence-corrected chi connectivity index (χ2v) is 4.43. The summed E-state index contributed by atoms with van der Waals surface area (Å²) in [6, 6.07) is 7.27. The molecule has 1 aromatic heterocycles. The highest BCUT2D eigenvalue weighted by Gasteiger charge is 2.07. The van der Waals surface area contributed by atoms with E-state index < -0.39 is 4.92 Å². The number of benzene rings is 1. The van der Waals surface area contributed by atoms with Crippen molar-refractivity contribution in [2.75, 3.05) is 0 Å². The van der Waals surface area contributed by atoms with Gasteiger partial charge in [0, 0.05) is 4.90 Å². The molecule has 2 aromatic rings. The minimum atomic E-state index is -0.537. The molecule has 1 heterocycles. The average molecular weight is 263 g/mol. The Morgan fingerprint density at radius 1 is 1.22 bits per heavy atom. The molecule has 0 aliphatic rings. The number of aliphatic hydroxyl groups is 1. The highest BCUT2D eigenvalue weighted by Crippen LogP contribution is 2.25. The summed E-state index contributed by atoms with van der Waals surface area (Å²) in [5.41, 5.74) is 0.693. The summed E-state index contributed by atoms with van der Waals surface area (Å²) in [5, 5.41) is 19.8. The van der Waals surface area contributed by atoms with Crippen LogP contribution in [-0.4, -0.2) is 20.0 Å². The van der Waals surface area contributed by atoms with E-state index in [1.807, 2.05) is 12.1 Å². The molecule has 7 heteroatoms. The number of aromatic nitrogens is 2. The standard InChI is InChI=1S/C11H9N3O3S/c15-7-8-1-3-10(4-2-8)18-11-12-5-9(6-13-11)14(16)17/h1-6,15H,7H2. The predicted octanol–water partition coefficient (Wildman–Crippen LogP) is 2.03. The Hall–Kier alpha value is -1.99. The quantitative estimate of drug-likeness (QED) is 0.515. The van der Waals surface area contributed by atoms with Crippen LogP contribution in [0.1, 0.15) is 5.56 Å². The maximum absolute atomic E-state index is 10.4. The minimum absolute atomic E-state index is 0.00101. The Morgan fingerprint density at radius 2 is 1.83 bits per heavy atom. The number of nitro groups is 1. The normalized spacial score (nSPS) is 10.3. The first-order valence-electron chi connectivity index (χ1n) is 5.03. The molecule has 1 aromatic carbocycles. The van der Waals surface area contributed by atoms with Crippen LogP contribution in [0.4, 0.5) is 5.69 Å². The lowest BCUT2D eigenvalue weighted by atomic mass is 10.2. The van der Waals surface area contributed by atoms with Gasteiger partial charge < -0.3 is 5.11 Å². The largest absolute Gasteiger partial charge is 0.392 e. The van der Waals surface area contributed by atoms with E-state index in [4.69, 9.17) is 5.11 Å². The van der Waals surface area contributed by atoms with Crippen LogP contribution in [0.5, 0.6) is 0 Å². The summed E-state index contributed by atoms with van der Waals surface area (Å²) in [5.74, 6) is 0. The third-order valence-corrected chi connectivity index (χ3v) is 3.04. The van der Waals surface area contributed by atoms with E-state index in [0.29, 0.717) is 5.16 Å². The highest BCUT2D eigenvalue weighted by molar-refractivity contribution is 7.99. The lowest BCUT2D eigenvalue weighted by Gasteiger charge is -2.00. The topological polar surface area (TPSA) is 89.2 Å². The van der Waals surface area contributed by atoms with Gasteiger partial charge in [-0.15, -0.1) is 0 Å². The van der Waals surface area contributed by atoms with Crippen LogP contribution in [0.3, 0.4) is 0 Å². The van der Waals surface area contributed by atoms with E-state index in [2.05, 4.69) is 9.97 Å². The fourth-order valence-corrected chi connectivity index (χ4v) is 1.92. The molecule has 92 valence electrons. The van der Waals surface area contributed by atoms with Crippen molar-refractivity contribution in [3.63, 3.8) is 0 Å². The molecule has 6 nitrogen and oxygen atoms in total. The van der Waals surface area contributed by atoms with Gasteiger partial charge in [0.1, 0.15) is 12.4 Å². The van der Waals surface area contributed by atoms with Crippen LogP contribution in [0.15, 0.2) is 46.7 Å². The zero-order chi connectivity index (χ0) is 13.0. The number of hydrogen-bond donors (Lipinski definition) is 1. The van der Waals surface area contributed by atoms with Crippen LogP contribution in [0.25, 0.3) is 0 Å². The van der Waals surface area contributed by atoms with Crippen LogP contribution in [0.2, 0.25) is 0 Å². The molecule has 1 N–H and O–H groups in total. The number of rotatable bonds is 4. The van der Waals surface area contributed by atoms with Crippen molar-refractivity contribution in [2.45, 2.75) is 16.7 Å². The lowest BCUT2D eigenvalue weighted by Crippen LogP contribution is -1.92. The van der Waals surface area contributed by atoms with Crippen LogP contribution in [-0.2, 0) is 6.61 Å². The summed E-state index contributed by atoms with van der Waals surface area (Å²) in [6.45, 7) is -0.00101. The molecule has 0 aliphatic carbocycles. The summed E-state index contributed by atoms with van der Waals surface area (Å²) in [4.78, 5) is 18.6. The van der Waals surface area contributed by atoms with Gasteiger partial charge in [0.25, 0.3) is 0 Å². The van der Waals surface area contributed by atoms with Gasteiger partial charge in [0.05, 0.1) is 11.5 Å². The van der Waals surface area contributed by atoms with E-state index in [1.54, 1.807) is 12.1 Å². The second kappa shape index (κ2) is 5.56. The van der Waals surface area contributed by atoms with Crippen molar-refractivity contribution < 1.29 is 10.0 Å². The molecule has 0 spiro atoms. The summed E-state index contributed by atoms with van der Waals surface area (Å²) in [6.07, 6.45) is 2.36. The van der Waals surface area contributed by atoms with Gasteiger partial charge in [-0.3, -0.25) is 10.1 Å². The summed E-state index contributed by atoms with van der Waals surface area (Å²) < 4.78 is 0. The van der Waals surface area contributed by atoms with Crippen molar-refractivity contribution in [1.29, 1.82) is 0 Å². The van der Waals surface area contributed by atoms with Crippen LogP contribution >= 0.6 is 11.8 Å². The average Bonchev–Trinajstić information content (AvgIpc) is 2.40. The molecule has 2 rings (SSSR count). The van der Waals surface area contributed by atoms with Crippen molar-refractivity contribution in [3.8, 4) is 0 Å². The van der Waals surface area contributed by atoms with Crippen LogP contribution in [0, 0.1) is 10.1 Å².